The fraction of sp³-hybridized carbons (Fsp3) is 0.643. The van der Waals surface area contributed by atoms with Gasteiger partial charge in [-0.2, -0.15) is 0 Å². The second-order valence-electron chi connectivity index (χ2n) is 4.99. The number of rotatable bonds is 3. The average Bonchev–Trinajstić information content (AvgIpc) is 2.71. The summed E-state index contributed by atoms with van der Waals surface area (Å²) >= 11 is 1.65. The van der Waals surface area contributed by atoms with Crippen LogP contribution in [-0.4, -0.2) is 36.5 Å². The summed E-state index contributed by atoms with van der Waals surface area (Å²) in [6, 6.07) is 2.39. The van der Waals surface area contributed by atoms with Crippen LogP contribution >= 0.6 is 11.3 Å². The maximum Gasteiger partial charge on any atom is 0.264 e. The van der Waals surface area contributed by atoms with Gasteiger partial charge in [0.1, 0.15) is 0 Å². The lowest BCUT2D eigenvalue weighted by atomic mass is 10.1. The molecule has 18 heavy (non-hydrogen) atoms. The molecule has 4 heteroatoms. The van der Waals surface area contributed by atoms with Crippen LogP contribution in [0.25, 0.3) is 0 Å². The van der Waals surface area contributed by atoms with Crippen molar-refractivity contribution in [3.8, 4) is 0 Å². The third-order valence-corrected chi connectivity index (χ3v) is 4.59. The molecule has 0 unspecified atom stereocenters. The van der Waals surface area contributed by atoms with E-state index in [9.17, 15) is 4.79 Å². The molecule has 0 aliphatic carbocycles. The lowest BCUT2D eigenvalue weighted by Gasteiger charge is -2.33. The highest BCUT2D eigenvalue weighted by molar-refractivity contribution is 7.14. The fourth-order valence-electron chi connectivity index (χ4n) is 2.43. The van der Waals surface area contributed by atoms with E-state index in [0.717, 1.165) is 37.4 Å². The summed E-state index contributed by atoms with van der Waals surface area (Å²) in [5.41, 5.74) is 1.34. The topological polar surface area (TPSA) is 32.3 Å². The molecule has 0 aromatic carbocycles. The summed E-state index contributed by atoms with van der Waals surface area (Å²) in [5, 5.41) is 3.32. The van der Waals surface area contributed by atoms with Gasteiger partial charge in [0, 0.05) is 30.6 Å². The Labute approximate surface area is 113 Å². The van der Waals surface area contributed by atoms with Crippen LogP contribution in [0.2, 0.25) is 0 Å². The van der Waals surface area contributed by atoms with E-state index in [-0.39, 0.29) is 5.91 Å². The predicted molar refractivity (Wildman–Crippen MR) is 76.4 cm³/mol. The molecular formula is C14H22N2OS. The van der Waals surface area contributed by atoms with E-state index in [2.05, 4.69) is 32.2 Å². The first-order chi connectivity index (χ1) is 8.63. The van der Waals surface area contributed by atoms with Gasteiger partial charge in [0.15, 0.2) is 0 Å². The Kier molecular flexibility index (Phi) is 4.40. The molecule has 1 N–H and O–H groups in total. The van der Waals surface area contributed by atoms with Crippen LogP contribution in [0, 0.1) is 6.92 Å². The Morgan fingerprint density at radius 3 is 3.06 bits per heavy atom. The van der Waals surface area contributed by atoms with Crippen LogP contribution in [0.15, 0.2) is 6.07 Å². The van der Waals surface area contributed by atoms with Gasteiger partial charge in [0.25, 0.3) is 5.91 Å². The zero-order valence-electron chi connectivity index (χ0n) is 11.5. The van der Waals surface area contributed by atoms with Gasteiger partial charge in [-0.3, -0.25) is 4.79 Å². The van der Waals surface area contributed by atoms with Gasteiger partial charge in [0.05, 0.1) is 4.88 Å². The Balaban J connectivity index is 2.15. The van der Waals surface area contributed by atoms with E-state index < -0.39 is 0 Å². The fourth-order valence-corrected chi connectivity index (χ4v) is 3.45. The van der Waals surface area contributed by atoms with E-state index in [4.69, 9.17) is 0 Å². The minimum Gasteiger partial charge on any atom is -0.333 e. The molecule has 0 radical (unpaired) electrons. The van der Waals surface area contributed by atoms with Crippen molar-refractivity contribution in [2.24, 2.45) is 0 Å². The number of nitrogens with one attached hydrogen (secondary N) is 1. The summed E-state index contributed by atoms with van der Waals surface area (Å²) in [6.45, 7) is 9.03. The standard InChI is InChI=1S/C14H22N2OS/c1-4-5-12-8-13(18-11(12)3)14(17)16-7-6-15-9-10(16)2/h8,10,15H,4-7,9H2,1-3H3/t10-/m0/s1. The van der Waals surface area contributed by atoms with Crippen molar-refractivity contribution in [2.75, 3.05) is 19.6 Å². The number of hydrogen-bond acceptors (Lipinski definition) is 3. The highest BCUT2D eigenvalue weighted by Gasteiger charge is 2.25. The minimum atomic E-state index is 0.208. The van der Waals surface area contributed by atoms with E-state index in [0.29, 0.717) is 6.04 Å². The quantitative estimate of drug-likeness (QED) is 0.911. The Morgan fingerprint density at radius 2 is 2.39 bits per heavy atom. The molecule has 0 spiro atoms. The second kappa shape index (κ2) is 5.85. The molecule has 2 rings (SSSR count). The van der Waals surface area contributed by atoms with Gasteiger partial charge in [0.2, 0.25) is 0 Å². The predicted octanol–water partition coefficient (Wildman–Crippen LogP) is 2.44. The maximum atomic E-state index is 12.5. The number of thiophene rings is 1. The van der Waals surface area contributed by atoms with E-state index >= 15 is 0 Å². The number of amides is 1. The van der Waals surface area contributed by atoms with E-state index in [1.165, 1.54) is 10.4 Å². The van der Waals surface area contributed by atoms with Gasteiger partial charge >= 0.3 is 0 Å². The molecule has 1 amide bonds. The van der Waals surface area contributed by atoms with Gasteiger partial charge in [-0.25, -0.2) is 0 Å². The molecule has 2 heterocycles. The SMILES string of the molecule is CCCc1cc(C(=O)N2CCNC[C@@H]2C)sc1C. The lowest BCUT2D eigenvalue weighted by Crippen LogP contribution is -2.52. The smallest absolute Gasteiger partial charge is 0.264 e. The molecule has 1 saturated heterocycles. The van der Waals surface area contributed by atoms with Crippen molar-refractivity contribution < 1.29 is 4.79 Å². The molecule has 1 fully saturated rings. The van der Waals surface area contributed by atoms with Crippen molar-refractivity contribution >= 4 is 17.2 Å². The first-order valence-corrected chi connectivity index (χ1v) is 7.56. The normalized spacial score (nSPS) is 20.2. The Morgan fingerprint density at radius 1 is 1.61 bits per heavy atom. The number of piperazine rings is 1. The van der Waals surface area contributed by atoms with Gasteiger partial charge in [-0.15, -0.1) is 11.3 Å². The van der Waals surface area contributed by atoms with Gasteiger partial charge in [-0.05, 0) is 31.9 Å². The summed E-state index contributed by atoms with van der Waals surface area (Å²) in [7, 11) is 0. The van der Waals surface area contributed by atoms with Crippen molar-refractivity contribution in [1.29, 1.82) is 0 Å². The molecule has 1 aliphatic heterocycles. The van der Waals surface area contributed by atoms with Gasteiger partial charge in [-0.1, -0.05) is 13.3 Å². The molecule has 100 valence electrons. The minimum absolute atomic E-state index is 0.208. The number of carbonyl (C=O) groups excluding carboxylic acids is 1. The molecule has 1 aliphatic rings. The molecule has 0 bridgehead atoms. The number of hydrogen-bond donors (Lipinski definition) is 1. The molecule has 3 nitrogen and oxygen atoms in total. The summed E-state index contributed by atoms with van der Waals surface area (Å²) in [6.07, 6.45) is 2.21. The highest BCUT2D eigenvalue weighted by atomic mass is 32.1. The number of nitrogens with zero attached hydrogens (tertiary/aromatic N) is 1. The maximum absolute atomic E-state index is 12.5. The van der Waals surface area contributed by atoms with Crippen molar-refractivity contribution in [3.63, 3.8) is 0 Å². The number of carbonyl (C=O) groups is 1. The summed E-state index contributed by atoms with van der Waals surface area (Å²) in [5.74, 6) is 0.208. The van der Waals surface area contributed by atoms with E-state index in [1.54, 1.807) is 11.3 Å². The number of aryl methyl sites for hydroxylation is 2. The Hall–Kier alpha value is -0.870. The van der Waals surface area contributed by atoms with Crippen LogP contribution in [0.1, 0.15) is 40.4 Å². The lowest BCUT2D eigenvalue weighted by molar-refractivity contribution is 0.0660. The molecule has 1 aromatic rings. The molecule has 1 atom stereocenters. The van der Waals surface area contributed by atoms with Crippen LogP contribution < -0.4 is 5.32 Å². The van der Waals surface area contributed by atoms with Crippen LogP contribution in [0.5, 0.6) is 0 Å². The summed E-state index contributed by atoms with van der Waals surface area (Å²) < 4.78 is 0. The van der Waals surface area contributed by atoms with Crippen molar-refractivity contribution in [2.45, 2.75) is 39.7 Å². The van der Waals surface area contributed by atoms with Gasteiger partial charge < -0.3 is 10.2 Å². The van der Waals surface area contributed by atoms with Crippen molar-refractivity contribution in [3.05, 3.63) is 21.4 Å². The van der Waals surface area contributed by atoms with Crippen LogP contribution in [-0.2, 0) is 6.42 Å². The second-order valence-corrected chi connectivity index (χ2v) is 6.25. The molecule has 0 saturated carbocycles. The van der Waals surface area contributed by atoms with E-state index in [1.807, 2.05) is 4.90 Å². The highest BCUT2D eigenvalue weighted by Crippen LogP contribution is 2.25. The van der Waals surface area contributed by atoms with Crippen LogP contribution in [0.3, 0.4) is 0 Å². The first-order valence-electron chi connectivity index (χ1n) is 6.74. The monoisotopic (exact) mass is 266 g/mol. The zero-order chi connectivity index (χ0) is 13.1. The largest absolute Gasteiger partial charge is 0.333 e. The molecule has 1 aromatic heterocycles. The van der Waals surface area contributed by atoms with Crippen LogP contribution in [0.4, 0.5) is 0 Å². The Bertz CT molecular complexity index is 427. The third-order valence-electron chi connectivity index (χ3n) is 3.51. The third kappa shape index (κ3) is 2.75. The van der Waals surface area contributed by atoms with Crippen molar-refractivity contribution in [1.82, 2.24) is 10.2 Å². The summed E-state index contributed by atoms with van der Waals surface area (Å²) in [4.78, 5) is 16.7. The molecular weight excluding hydrogens is 244 g/mol. The first kappa shape index (κ1) is 13.6. The average molecular weight is 266 g/mol. The zero-order valence-corrected chi connectivity index (χ0v) is 12.3.